The van der Waals surface area contributed by atoms with Crippen LogP contribution in [0.5, 0.6) is 0 Å². The molecule has 7 nitrogen and oxygen atoms in total. The average molecular weight is 424 g/mol. The summed E-state index contributed by atoms with van der Waals surface area (Å²) in [4.78, 5) is 32.8. The lowest BCUT2D eigenvalue weighted by atomic mass is 10.2. The third kappa shape index (κ3) is 4.41. The second-order valence-corrected chi connectivity index (χ2v) is 10.6. The lowest BCUT2D eigenvalue weighted by Crippen LogP contribution is -2.45. The average Bonchev–Trinajstić information content (AvgIpc) is 3.18. The van der Waals surface area contributed by atoms with Crippen LogP contribution in [0, 0.1) is 6.92 Å². The van der Waals surface area contributed by atoms with Crippen LogP contribution in [-0.2, 0) is 19.4 Å². The summed E-state index contributed by atoms with van der Waals surface area (Å²) in [7, 11) is -3.07. The number of hydrogen-bond acceptors (Lipinski definition) is 6. The first-order valence-corrected chi connectivity index (χ1v) is 12.0. The van der Waals surface area contributed by atoms with Crippen molar-refractivity contribution in [3.63, 3.8) is 0 Å². The molecule has 0 aromatic heterocycles. The van der Waals surface area contributed by atoms with E-state index in [1.807, 2.05) is 38.1 Å². The molecule has 2 aliphatic rings. The van der Waals surface area contributed by atoms with Crippen molar-refractivity contribution in [3.05, 3.63) is 29.8 Å². The van der Waals surface area contributed by atoms with Crippen molar-refractivity contribution in [2.75, 3.05) is 29.5 Å². The van der Waals surface area contributed by atoms with E-state index in [0.29, 0.717) is 18.1 Å². The molecule has 1 fully saturated rings. The van der Waals surface area contributed by atoms with Gasteiger partial charge in [-0.15, -0.1) is 0 Å². The molecule has 2 aliphatic heterocycles. The monoisotopic (exact) mass is 423 g/mol. The summed E-state index contributed by atoms with van der Waals surface area (Å²) in [5.74, 6) is -0.0923. The largest absolute Gasteiger partial charge is 0.338 e. The third-order valence-electron chi connectivity index (χ3n) is 4.99. The van der Waals surface area contributed by atoms with Crippen LogP contribution < -0.4 is 4.90 Å². The smallest absolute Gasteiger partial charge is 0.254 e. The van der Waals surface area contributed by atoms with Gasteiger partial charge in [0.15, 0.2) is 15.0 Å². The van der Waals surface area contributed by atoms with E-state index in [2.05, 4.69) is 4.99 Å². The molecule has 3 rings (SSSR count). The van der Waals surface area contributed by atoms with Crippen LogP contribution in [0.1, 0.15) is 25.8 Å². The molecule has 0 unspecified atom stereocenters. The van der Waals surface area contributed by atoms with Crippen LogP contribution >= 0.6 is 11.8 Å². The molecule has 0 radical (unpaired) electrons. The van der Waals surface area contributed by atoms with Crippen LogP contribution in [0.25, 0.3) is 0 Å². The predicted molar refractivity (Wildman–Crippen MR) is 112 cm³/mol. The highest BCUT2D eigenvalue weighted by Gasteiger charge is 2.37. The van der Waals surface area contributed by atoms with Gasteiger partial charge in [-0.2, -0.15) is 0 Å². The normalized spacial score (nSPS) is 22.2. The molecule has 28 heavy (non-hydrogen) atoms. The van der Waals surface area contributed by atoms with E-state index >= 15 is 0 Å². The summed E-state index contributed by atoms with van der Waals surface area (Å²) in [5, 5.41) is 0.0330. The number of sulfone groups is 1. The Hall–Kier alpha value is -1.87. The zero-order valence-corrected chi connectivity index (χ0v) is 17.9. The highest BCUT2D eigenvalue weighted by Crippen LogP contribution is 2.28. The maximum absolute atomic E-state index is 13.0. The Bertz CT molecular complexity index is 896. The second kappa shape index (κ2) is 8.24. The minimum atomic E-state index is -3.07. The standard InChI is InChI=1S/C19H25N3O4S2/c1-4-21(16-9-10-28(25,26)12-16)18(24)14(3)27-19-20-11-17(23)22(19)15-7-5-13(2)6-8-15/h5-8,14,16H,4,9-12H2,1-3H3/t14-,16-/m0/s1. The van der Waals surface area contributed by atoms with Crippen molar-refractivity contribution in [1.82, 2.24) is 4.90 Å². The van der Waals surface area contributed by atoms with Crippen molar-refractivity contribution >= 4 is 44.3 Å². The number of anilines is 1. The van der Waals surface area contributed by atoms with Gasteiger partial charge in [0.2, 0.25) is 5.91 Å². The fourth-order valence-corrected chi connectivity index (χ4v) is 6.21. The lowest BCUT2D eigenvalue weighted by Gasteiger charge is -2.30. The second-order valence-electron chi connectivity index (χ2n) is 7.10. The molecule has 0 N–H and O–H groups in total. The minimum Gasteiger partial charge on any atom is -0.338 e. The fourth-order valence-electron chi connectivity index (χ4n) is 3.48. The number of carbonyl (C=O) groups is 2. The summed E-state index contributed by atoms with van der Waals surface area (Å²) in [6.45, 7) is 6.13. The van der Waals surface area contributed by atoms with Gasteiger partial charge in [0.1, 0.15) is 6.54 Å². The Kier molecular flexibility index (Phi) is 6.14. The topological polar surface area (TPSA) is 87.1 Å². The van der Waals surface area contributed by atoms with Gasteiger partial charge in [0.05, 0.1) is 22.4 Å². The Balaban J connectivity index is 1.71. The SMILES string of the molecule is CCN(C(=O)[C@H](C)SC1=NCC(=O)N1c1ccc(C)cc1)[C@H]1CCS(=O)(=O)C1. The van der Waals surface area contributed by atoms with E-state index in [-0.39, 0.29) is 35.9 Å². The van der Waals surface area contributed by atoms with Crippen molar-refractivity contribution in [2.24, 2.45) is 4.99 Å². The van der Waals surface area contributed by atoms with Crippen LogP contribution in [0.4, 0.5) is 5.69 Å². The number of carbonyl (C=O) groups excluding carboxylic acids is 2. The van der Waals surface area contributed by atoms with Crippen LogP contribution in [0.15, 0.2) is 29.3 Å². The molecule has 1 saturated heterocycles. The van der Waals surface area contributed by atoms with E-state index in [0.717, 1.165) is 11.3 Å². The van der Waals surface area contributed by atoms with Gasteiger partial charge in [-0.3, -0.25) is 19.5 Å². The van der Waals surface area contributed by atoms with Gasteiger partial charge in [0.25, 0.3) is 5.91 Å². The molecule has 9 heteroatoms. The van der Waals surface area contributed by atoms with Crippen molar-refractivity contribution in [3.8, 4) is 0 Å². The van der Waals surface area contributed by atoms with Crippen molar-refractivity contribution in [2.45, 2.75) is 38.5 Å². The summed E-state index contributed by atoms with van der Waals surface area (Å²) < 4.78 is 23.6. The molecule has 1 aromatic rings. The molecule has 2 atom stereocenters. The first kappa shape index (κ1) is 20.9. The number of amides is 2. The van der Waals surface area contributed by atoms with Gasteiger partial charge in [-0.1, -0.05) is 29.5 Å². The summed E-state index contributed by atoms with van der Waals surface area (Å²) >= 11 is 1.24. The maximum atomic E-state index is 13.0. The molecular formula is C19H25N3O4S2. The highest BCUT2D eigenvalue weighted by molar-refractivity contribution is 8.15. The third-order valence-corrected chi connectivity index (χ3v) is 7.81. The van der Waals surface area contributed by atoms with E-state index in [1.165, 1.54) is 11.8 Å². The van der Waals surface area contributed by atoms with Gasteiger partial charge in [-0.05, 0) is 39.3 Å². The first-order valence-electron chi connectivity index (χ1n) is 9.33. The zero-order chi connectivity index (χ0) is 20.5. The maximum Gasteiger partial charge on any atom is 0.254 e. The Labute approximate surface area is 170 Å². The summed E-state index contributed by atoms with van der Waals surface area (Å²) in [6.07, 6.45) is 0.480. The number of rotatable bonds is 5. The van der Waals surface area contributed by atoms with E-state index in [4.69, 9.17) is 0 Å². The lowest BCUT2D eigenvalue weighted by molar-refractivity contribution is -0.131. The number of aliphatic imine (C=N–C) groups is 1. The quantitative estimate of drug-likeness (QED) is 0.721. The summed E-state index contributed by atoms with van der Waals surface area (Å²) in [6, 6.07) is 7.31. The zero-order valence-electron chi connectivity index (χ0n) is 16.3. The van der Waals surface area contributed by atoms with E-state index in [1.54, 1.807) is 16.7 Å². The minimum absolute atomic E-state index is 0.0267. The van der Waals surface area contributed by atoms with Gasteiger partial charge in [0, 0.05) is 12.6 Å². The van der Waals surface area contributed by atoms with E-state index < -0.39 is 15.1 Å². The molecule has 152 valence electrons. The predicted octanol–water partition coefficient (Wildman–Crippen LogP) is 1.85. The Morgan fingerprint density at radius 2 is 2.04 bits per heavy atom. The molecule has 2 heterocycles. The van der Waals surface area contributed by atoms with Gasteiger partial charge in [-0.25, -0.2) is 8.42 Å². The highest BCUT2D eigenvalue weighted by atomic mass is 32.2. The molecule has 0 spiro atoms. The number of hydrogen-bond donors (Lipinski definition) is 0. The van der Waals surface area contributed by atoms with Gasteiger partial charge < -0.3 is 4.90 Å². The fraction of sp³-hybridized carbons (Fsp3) is 0.526. The molecule has 2 amide bonds. The van der Waals surface area contributed by atoms with Crippen LogP contribution in [0.3, 0.4) is 0 Å². The first-order chi connectivity index (χ1) is 13.2. The van der Waals surface area contributed by atoms with Crippen LogP contribution in [0.2, 0.25) is 0 Å². The van der Waals surface area contributed by atoms with E-state index in [9.17, 15) is 18.0 Å². The number of benzene rings is 1. The molecular weight excluding hydrogens is 398 g/mol. The molecule has 1 aromatic carbocycles. The summed E-state index contributed by atoms with van der Waals surface area (Å²) in [5.41, 5.74) is 1.82. The van der Waals surface area contributed by atoms with Crippen LogP contribution in [-0.4, -0.2) is 66.2 Å². The molecule has 0 aliphatic carbocycles. The van der Waals surface area contributed by atoms with Crippen molar-refractivity contribution < 1.29 is 18.0 Å². The Morgan fingerprint density at radius 3 is 2.61 bits per heavy atom. The van der Waals surface area contributed by atoms with Gasteiger partial charge >= 0.3 is 0 Å². The molecule has 0 bridgehead atoms. The Morgan fingerprint density at radius 1 is 1.36 bits per heavy atom. The van der Waals surface area contributed by atoms with Crippen molar-refractivity contribution in [1.29, 1.82) is 0 Å². The number of nitrogens with zero attached hydrogens (tertiary/aromatic N) is 3. The number of aryl methyl sites for hydroxylation is 1. The number of thioether (sulfide) groups is 1. The molecule has 0 saturated carbocycles. The number of amidine groups is 1.